The van der Waals surface area contributed by atoms with Gasteiger partial charge in [-0.1, -0.05) is 29.3 Å². The fraction of sp³-hybridized carbons (Fsp3) is 0.462. The molecule has 0 unspecified atom stereocenters. The highest BCUT2D eigenvalue weighted by molar-refractivity contribution is 6.42. The molecule has 1 amide bonds. The van der Waals surface area contributed by atoms with Gasteiger partial charge in [-0.25, -0.2) is 0 Å². The summed E-state index contributed by atoms with van der Waals surface area (Å²) in [6, 6.07) is 5.34. The Bertz CT molecular complexity index is 446. The Morgan fingerprint density at radius 2 is 1.79 bits per heavy atom. The fourth-order valence-corrected chi connectivity index (χ4v) is 2.31. The number of hydrogen-bond acceptors (Lipinski definition) is 2. The van der Waals surface area contributed by atoms with Crippen LogP contribution in [0.2, 0.25) is 10.0 Å². The first-order valence-electron chi connectivity index (χ1n) is 5.96. The Labute approximate surface area is 129 Å². The van der Waals surface area contributed by atoms with Crippen molar-refractivity contribution >= 4 is 41.5 Å². The maximum absolute atomic E-state index is 12.1. The van der Waals surface area contributed by atoms with Crippen LogP contribution in [-0.4, -0.2) is 48.9 Å². The van der Waals surface area contributed by atoms with E-state index in [0.29, 0.717) is 16.5 Å². The number of hydrogen-bond donors (Lipinski definition) is 0. The average Bonchev–Trinajstić information content (AvgIpc) is 2.34. The molecule has 3 nitrogen and oxygen atoms in total. The Kier molecular flexibility index (Phi) is 6.40. The number of amides is 1. The minimum atomic E-state index is 0. The van der Waals surface area contributed by atoms with Gasteiger partial charge in [0.1, 0.15) is 0 Å². The van der Waals surface area contributed by atoms with E-state index in [1.165, 1.54) is 0 Å². The van der Waals surface area contributed by atoms with Gasteiger partial charge in [-0.05, 0) is 24.7 Å². The van der Waals surface area contributed by atoms with E-state index in [4.69, 9.17) is 23.2 Å². The number of nitrogens with zero attached hydrogens (tertiary/aromatic N) is 2. The molecular weight excluding hydrogens is 307 g/mol. The monoisotopic (exact) mass is 322 g/mol. The third kappa shape index (κ3) is 4.53. The first-order valence-corrected chi connectivity index (χ1v) is 6.72. The molecule has 0 radical (unpaired) electrons. The van der Waals surface area contributed by atoms with Gasteiger partial charge in [-0.3, -0.25) is 4.79 Å². The predicted molar refractivity (Wildman–Crippen MR) is 81.5 cm³/mol. The molecule has 0 saturated carbocycles. The minimum Gasteiger partial charge on any atom is -0.340 e. The van der Waals surface area contributed by atoms with Crippen molar-refractivity contribution in [3.05, 3.63) is 33.8 Å². The number of likely N-dealkylation sites (N-methyl/N-ethyl adjacent to an activating group) is 1. The highest BCUT2D eigenvalue weighted by atomic mass is 35.5. The van der Waals surface area contributed by atoms with Gasteiger partial charge >= 0.3 is 0 Å². The van der Waals surface area contributed by atoms with E-state index in [0.717, 1.165) is 31.7 Å². The Morgan fingerprint density at radius 1 is 1.16 bits per heavy atom. The maximum atomic E-state index is 12.1. The quantitative estimate of drug-likeness (QED) is 0.835. The maximum Gasteiger partial charge on any atom is 0.227 e. The lowest BCUT2D eigenvalue weighted by atomic mass is 10.1. The van der Waals surface area contributed by atoms with Gasteiger partial charge in [0.05, 0.1) is 16.5 Å². The van der Waals surface area contributed by atoms with E-state index >= 15 is 0 Å². The fourth-order valence-electron chi connectivity index (χ4n) is 1.99. The molecular formula is C13H17Cl3N2O. The summed E-state index contributed by atoms with van der Waals surface area (Å²) in [6.07, 6.45) is 0.389. The summed E-state index contributed by atoms with van der Waals surface area (Å²) < 4.78 is 0. The topological polar surface area (TPSA) is 23.6 Å². The molecule has 0 N–H and O–H groups in total. The largest absolute Gasteiger partial charge is 0.340 e. The number of carbonyl (C=O) groups is 1. The van der Waals surface area contributed by atoms with Crippen LogP contribution in [0, 0.1) is 0 Å². The number of carbonyl (C=O) groups excluding carboxylic acids is 1. The summed E-state index contributed by atoms with van der Waals surface area (Å²) in [6.45, 7) is 3.48. The van der Waals surface area contributed by atoms with E-state index < -0.39 is 0 Å². The molecule has 0 aromatic heterocycles. The van der Waals surface area contributed by atoms with Gasteiger partial charge in [0.25, 0.3) is 0 Å². The van der Waals surface area contributed by atoms with Gasteiger partial charge in [0.15, 0.2) is 0 Å². The van der Waals surface area contributed by atoms with Crippen molar-refractivity contribution in [2.45, 2.75) is 6.42 Å². The molecule has 19 heavy (non-hydrogen) atoms. The lowest BCUT2D eigenvalue weighted by Gasteiger charge is -2.32. The van der Waals surface area contributed by atoms with Crippen molar-refractivity contribution in [2.75, 3.05) is 33.2 Å². The van der Waals surface area contributed by atoms with Crippen molar-refractivity contribution in [1.82, 2.24) is 9.80 Å². The lowest BCUT2D eigenvalue weighted by Crippen LogP contribution is -2.47. The second-order valence-corrected chi connectivity index (χ2v) is 5.42. The van der Waals surface area contributed by atoms with Gasteiger partial charge in [-0.15, -0.1) is 12.4 Å². The molecule has 1 saturated heterocycles. The van der Waals surface area contributed by atoms with Crippen LogP contribution in [0.5, 0.6) is 0 Å². The van der Waals surface area contributed by atoms with E-state index in [2.05, 4.69) is 11.9 Å². The van der Waals surface area contributed by atoms with E-state index in [9.17, 15) is 4.79 Å². The molecule has 6 heteroatoms. The number of halogens is 3. The molecule has 0 atom stereocenters. The highest BCUT2D eigenvalue weighted by Gasteiger charge is 2.19. The molecule has 0 aliphatic carbocycles. The van der Waals surface area contributed by atoms with E-state index in [1.807, 2.05) is 11.0 Å². The van der Waals surface area contributed by atoms with Crippen molar-refractivity contribution in [1.29, 1.82) is 0 Å². The van der Waals surface area contributed by atoms with Crippen molar-refractivity contribution < 1.29 is 4.79 Å². The van der Waals surface area contributed by atoms with Gasteiger partial charge < -0.3 is 9.80 Å². The Balaban J connectivity index is 0.00000180. The molecule has 1 aromatic rings. The summed E-state index contributed by atoms with van der Waals surface area (Å²) in [5.74, 6) is 0.154. The van der Waals surface area contributed by atoms with Crippen LogP contribution in [0.15, 0.2) is 18.2 Å². The number of rotatable bonds is 2. The molecule has 1 fully saturated rings. The number of piperazine rings is 1. The first-order chi connectivity index (χ1) is 8.56. The van der Waals surface area contributed by atoms with Crippen LogP contribution < -0.4 is 0 Å². The second-order valence-electron chi connectivity index (χ2n) is 4.61. The standard InChI is InChI=1S/C13H16Cl2N2O.ClH/c1-16-4-6-17(7-5-16)13(18)9-10-2-3-11(14)12(15)8-10;/h2-3,8H,4-7,9H2,1H3;1H. The van der Waals surface area contributed by atoms with Crippen molar-refractivity contribution in [3.63, 3.8) is 0 Å². The second kappa shape index (κ2) is 7.34. The van der Waals surface area contributed by atoms with Crippen molar-refractivity contribution in [2.24, 2.45) is 0 Å². The summed E-state index contributed by atoms with van der Waals surface area (Å²) in [5.41, 5.74) is 0.910. The van der Waals surface area contributed by atoms with Crippen LogP contribution in [-0.2, 0) is 11.2 Å². The average molecular weight is 324 g/mol. The van der Waals surface area contributed by atoms with Gasteiger partial charge in [0, 0.05) is 26.2 Å². The molecule has 0 bridgehead atoms. The lowest BCUT2D eigenvalue weighted by molar-refractivity contribution is -0.132. The third-order valence-electron chi connectivity index (χ3n) is 3.20. The van der Waals surface area contributed by atoms with E-state index in [1.54, 1.807) is 12.1 Å². The molecule has 1 aromatic carbocycles. The van der Waals surface area contributed by atoms with Crippen LogP contribution in [0.25, 0.3) is 0 Å². The van der Waals surface area contributed by atoms with Crippen LogP contribution >= 0.6 is 35.6 Å². The zero-order valence-electron chi connectivity index (χ0n) is 10.7. The molecule has 1 heterocycles. The molecule has 1 aliphatic rings. The van der Waals surface area contributed by atoms with Crippen LogP contribution in [0.1, 0.15) is 5.56 Å². The zero-order valence-corrected chi connectivity index (χ0v) is 13.1. The van der Waals surface area contributed by atoms with Gasteiger partial charge in [0.2, 0.25) is 5.91 Å². The van der Waals surface area contributed by atoms with Crippen LogP contribution in [0.3, 0.4) is 0 Å². The normalized spacial score (nSPS) is 16.1. The minimum absolute atomic E-state index is 0. The first kappa shape index (κ1) is 16.6. The SMILES string of the molecule is CN1CCN(C(=O)Cc2ccc(Cl)c(Cl)c2)CC1.Cl. The smallest absolute Gasteiger partial charge is 0.227 e. The summed E-state index contributed by atoms with van der Waals surface area (Å²) >= 11 is 11.8. The predicted octanol–water partition coefficient (Wildman–Crippen LogP) is 2.73. The summed E-state index contributed by atoms with van der Waals surface area (Å²) in [7, 11) is 2.07. The van der Waals surface area contributed by atoms with E-state index in [-0.39, 0.29) is 18.3 Å². The summed E-state index contributed by atoms with van der Waals surface area (Å²) in [5, 5.41) is 1.02. The van der Waals surface area contributed by atoms with Crippen molar-refractivity contribution in [3.8, 4) is 0 Å². The number of benzene rings is 1. The Hall–Kier alpha value is -0.480. The molecule has 106 valence electrons. The molecule has 1 aliphatic heterocycles. The Morgan fingerprint density at radius 3 is 2.37 bits per heavy atom. The molecule has 2 rings (SSSR count). The van der Waals surface area contributed by atoms with Gasteiger partial charge in [-0.2, -0.15) is 0 Å². The zero-order chi connectivity index (χ0) is 13.1. The molecule has 0 spiro atoms. The highest BCUT2D eigenvalue weighted by Crippen LogP contribution is 2.23. The van der Waals surface area contributed by atoms with Crippen LogP contribution in [0.4, 0.5) is 0 Å². The summed E-state index contributed by atoms with van der Waals surface area (Å²) in [4.78, 5) is 16.2. The third-order valence-corrected chi connectivity index (χ3v) is 3.93.